The van der Waals surface area contributed by atoms with Crippen LogP contribution in [0.15, 0.2) is 24.3 Å². The normalized spacial score (nSPS) is 22.9. The van der Waals surface area contributed by atoms with Gasteiger partial charge in [-0.25, -0.2) is 4.79 Å². The molecule has 0 spiro atoms. The van der Waals surface area contributed by atoms with Crippen LogP contribution in [0.1, 0.15) is 32.3 Å². The summed E-state index contributed by atoms with van der Waals surface area (Å²) in [6.07, 6.45) is -0.317. The van der Waals surface area contributed by atoms with E-state index in [0.717, 1.165) is 5.56 Å². The zero-order valence-electron chi connectivity index (χ0n) is 12.1. The lowest BCUT2D eigenvalue weighted by molar-refractivity contribution is 0.0290. The Morgan fingerprint density at radius 3 is 2.60 bits per heavy atom. The van der Waals surface area contributed by atoms with E-state index in [1.165, 1.54) is 0 Å². The number of hydrogen-bond acceptors (Lipinski definition) is 3. The molecule has 1 aliphatic heterocycles. The van der Waals surface area contributed by atoms with Crippen LogP contribution in [0.5, 0.6) is 0 Å². The van der Waals surface area contributed by atoms with Gasteiger partial charge in [0.05, 0.1) is 0 Å². The van der Waals surface area contributed by atoms with E-state index in [2.05, 4.69) is 0 Å². The Morgan fingerprint density at radius 2 is 2.00 bits per heavy atom. The summed E-state index contributed by atoms with van der Waals surface area (Å²) in [7, 11) is 0. The highest BCUT2D eigenvalue weighted by Gasteiger charge is 2.36. The van der Waals surface area contributed by atoms with Crippen molar-refractivity contribution in [3.8, 4) is 0 Å². The van der Waals surface area contributed by atoms with Gasteiger partial charge in [-0.05, 0) is 32.4 Å². The lowest BCUT2D eigenvalue weighted by atomic mass is 9.95. The van der Waals surface area contributed by atoms with Crippen molar-refractivity contribution in [3.05, 3.63) is 34.9 Å². The van der Waals surface area contributed by atoms with Crippen LogP contribution in [0, 0.1) is 0 Å². The molecule has 1 saturated heterocycles. The molecule has 1 heterocycles. The number of ether oxygens (including phenoxy) is 1. The summed E-state index contributed by atoms with van der Waals surface area (Å²) < 4.78 is 5.38. The lowest BCUT2D eigenvalue weighted by Crippen LogP contribution is -2.36. The molecule has 0 radical (unpaired) electrons. The summed E-state index contributed by atoms with van der Waals surface area (Å²) >= 11 is 6.21. The second-order valence-corrected chi connectivity index (χ2v) is 6.58. The van der Waals surface area contributed by atoms with E-state index in [4.69, 9.17) is 22.1 Å². The summed E-state index contributed by atoms with van der Waals surface area (Å²) in [5, 5.41) is 0.694. The predicted molar refractivity (Wildman–Crippen MR) is 80.0 cm³/mol. The van der Waals surface area contributed by atoms with Gasteiger partial charge in [-0.3, -0.25) is 0 Å². The highest BCUT2D eigenvalue weighted by atomic mass is 35.5. The number of likely N-dealkylation sites (tertiary alicyclic amines) is 1. The molecule has 4 nitrogen and oxygen atoms in total. The van der Waals surface area contributed by atoms with Gasteiger partial charge in [0, 0.05) is 30.1 Å². The molecular formula is C15H21ClN2O2. The number of hydrogen-bond donors (Lipinski definition) is 1. The van der Waals surface area contributed by atoms with Crippen molar-refractivity contribution in [3.63, 3.8) is 0 Å². The maximum Gasteiger partial charge on any atom is 0.410 e. The molecule has 1 aliphatic rings. The number of nitrogens with zero attached hydrogens (tertiary/aromatic N) is 1. The SMILES string of the molecule is CC(C)(C)OC(=O)N1CC(N)C(c2ccccc2Cl)C1. The molecule has 1 fully saturated rings. The van der Waals surface area contributed by atoms with Gasteiger partial charge in [-0.2, -0.15) is 0 Å². The van der Waals surface area contributed by atoms with Gasteiger partial charge in [-0.1, -0.05) is 29.8 Å². The molecule has 2 N–H and O–H groups in total. The summed E-state index contributed by atoms with van der Waals surface area (Å²) in [6, 6.07) is 7.51. The fourth-order valence-corrected chi connectivity index (χ4v) is 2.69. The standard InChI is InChI=1S/C15H21ClN2O2/c1-15(2,3)20-14(19)18-8-11(13(17)9-18)10-6-4-5-7-12(10)16/h4-7,11,13H,8-9,17H2,1-3H3. The maximum absolute atomic E-state index is 12.1. The van der Waals surface area contributed by atoms with E-state index >= 15 is 0 Å². The van der Waals surface area contributed by atoms with Crippen LogP contribution < -0.4 is 5.73 Å². The van der Waals surface area contributed by atoms with Crippen molar-refractivity contribution >= 4 is 17.7 Å². The number of rotatable bonds is 1. The fraction of sp³-hybridized carbons (Fsp3) is 0.533. The number of amides is 1. The van der Waals surface area contributed by atoms with Gasteiger partial charge in [0.2, 0.25) is 0 Å². The minimum absolute atomic E-state index is 0.0521. The topological polar surface area (TPSA) is 55.6 Å². The van der Waals surface area contributed by atoms with Crippen molar-refractivity contribution in [2.24, 2.45) is 5.73 Å². The van der Waals surface area contributed by atoms with E-state index < -0.39 is 5.60 Å². The maximum atomic E-state index is 12.1. The van der Waals surface area contributed by atoms with Gasteiger partial charge in [-0.15, -0.1) is 0 Å². The predicted octanol–water partition coefficient (Wildman–Crippen LogP) is 3.00. The molecule has 1 aromatic carbocycles. The summed E-state index contributed by atoms with van der Waals surface area (Å²) in [4.78, 5) is 13.7. The molecule has 0 saturated carbocycles. The van der Waals surface area contributed by atoms with E-state index in [1.54, 1.807) is 4.90 Å². The van der Waals surface area contributed by atoms with E-state index in [9.17, 15) is 4.79 Å². The van der Waals surface area contributed by atoms with E-state index in [0.29, 0.717) is 18.1 Å². The number of carbonyl (C=O) groups is 1. The fourth-order valence-electron chi connectivity index (χ4n) is 2.41. The van der Waals surface area contributed by atoms with Crippen molar-refractivity contribution in [2.75, 3.05) is 13.1 Å². The molecule has 5 heteroatoms. The third-order valence-electron chi connectivity index (χ3n) is 3.32. The Labute approximate surface area is 124 Å². The molecule has 110 valence electrons. The Kier molecular flexibility index (Phi) is 4.25. The average Bonchev–Trinajstić information content (AvgIpc) is 2.70. The third-order valence-corrected chi connectivity index (χ3v) is 3.67. The van der Waals surface area contributed by atoms with Crippen LogP contribution in [0.2, 0.25) is 5.02 Å². The van der Waals surface area contributed by atoms with E-state index in [1.807, 2.05) is 45.0 Å². The molecular weight excluding hydrogens is 276 g/mol. The van der Waals surface area contributed by atoms with Gasteiger partial charge in [0.25, 0.3) is 0 Å². The van der Waals surface area contributed by atoms with Crippen LogP contribution in [0.3, 0.4) is 0 Å². The van der Waals surface area contributed by atoms with Crippen molar-refractivity contribution in [1.82, 2.24) is 4.90 Å². The van der Waals surface area contributed by atoms with Crippen molar-refractivity contribution < 1.29 is 9.53 Å². The molecule has 0 aliphatic carbocycles. The molecule has 2 atom stereocenters. The number of carbonyl (C=O) groups excluding carboxylic acids is 1. The van der Waals surface area contributed by atoms with Crippen molar-refractivity contribution in [2.45, 2.75) is 38.3 Å². The molecule has 2 unspecified atom stereocenters. The van der Waals surface area contributed by atoms with E-state index in [-0.39, 0.29) is 18.1 Å². The van der Waals surface area contributed by atoms with Crippen LogP contribution >= 0.6 is 11.6 Å². The largest absolute Gasteiger partial charge is 0.444 e. The smallest absolute Gasteiger partial charge is 0.410 e. The second-order valence-electron chi connectivity index (χ2n) is 6.18. The van der Waals surface area contributed by atoms with Gasteiger partial charge < -0.3 is 15.4 Å². The van der Waals surface area contributed by atoms with Crippen LogP contribution in [0.4, 0.5) is 4.79 Å². The zero-order chi connectivity index (χ0) is 14.9. The minimum Gasteiger partial charge on any atom is -0.444 e. The molecule has 2 rings (SSSR count). The Hall–Kier alpha value is -1.26. The molecule has 1 aromatic rings. The first kappa shape index (κ1) is 15.1. The summed E-state index contributed by atoms with van der Waals surface area (Å²) in [5.41, 5.74) is 6.66. The number of halogens is 1. The van der Waals surface area contributed by atoms with Crippen LogP contribution in [-0.2, 0) is 4.74 Å². The Bertz CT molecular complexity index is 499. The first-order valence-corrected chi connectivity index (χ1v) is 7.13. The van der Waals surface area contributed by atoms with Crippen LogP contribution in [0.25, 0.3) is 0 Å². The molecule has 20 heavy (non-hydrogen) atoms. The minimum atomic E-state index is -0.496. The highest BCUT2D eigenvalue weighted by Crippen LogP contribution is 2.32. The second kappa shape index (κ2) is 5.62. The molecule has 1 amide bonds. The Morgan fingerprint density at radius 1 is 1.35 bits per heavy atom. The van der Waals surface area contributed by atoms with Gasteiger partial charge in [0.15, 0.2) is 0 Å². The lowest BCUT2D eigenvalue weighted by Gasteiger charge is -2.24. The first-order valence-electron chi connectivity index (χ1n) is 6.76. The molecule has 0 aromatic heterocycles. The summed E-state index contributed by atoms with van der Waals surface area (Å²) in [6.45, 7) is 6.59. The van der Waals surface area contributed by atoms with Crippen molar-refractivity contribution in [1.29, 1.82) is 0 Å². The Balaban J connectivity index is 2.10. The quantitative estimate of drug-likeness (QED) is 0.867. The first-order chi connectivity index (χ1) is 9.28. The number of benzene rings is 1. The molecule has 0 bridgehead atoms. The number of nitrogens with two attached hydrogens (primary N) is 1. The average molecular weight is 297 g/mol. The van der Waals surface area contributed by atoms with Gasteiger partial charge in [0.1, 0.15) is 5.60 Å². The zero-order valence-corrected chi connectivity index (χ0v) is 12.9. The van der Waals surface area contributed by atoms with Gasteiger partial charge >= 0.3 is 6.09 Å². The summed E-state index contributed by atoms with van der Waals surface area (Å²) in [5.74, 6) is 0.0521. The monoisotopic (exact) mass is 296 g/mol. The third kappa shape index (κ3) is 3.44. The van der Waals surface area contributed by atoms with Crippen LogP contribution in [-0.4, -0.2) is 35.7 Å². The highest BCUT2D eigenvalue weighted by molar-refractivity contribution is 6.31.